The molecule has 0 bridgehead atoms. The van der Waals surface area contributed by atoms with Gasteiger partial charge in [-0.05, 0) is 37.1 Å². The molecule has 10 heteroatoms. The van der Waals surface area contributed by atoms with E-state index in [4.69, 9.17) is 4.42 Å². The summed E-state index contributed by atoms with van der Waals surface area (Å²) in [6.07, 6.45) is 3.59. The number of aryl methyl sites for hydroxylation is 1. The van der Waals surface area contributed by atoms with Gasteiger partial charge in [0.25, 0.3) is 5.91 Å². The first kappa shape index (κ1) is 23.1. The van der Waals surface area contributed by atoms with E-state index in [0.717, 1.165) is 10.7 Å². The Bertz CT molecular complexity index is 1140. The van der Waals surface area contributed by atoms with Gasteiger partial charge in [0.1, 0.15) is 5.76 Å². The molecule has 3 rings (SSSR count). The lowest BCUT2D eigenvalue weighted by Crippen LogP contribution is -2.31. The summed E-state index contributed by atoms with van der Waals surface area (Å²) >= 11 is 1.52. The van der Waals surface area contributed by atoms with Crippen molar-refractivity contribution in [3.63, 3.8) is 0 Å². The molecule has 2 N–H and O–H groups in total. The number of furan rings is 1. The third-order valence-corrected chi connectivity index (χ3v) is 6.93. The summed E-state index contributed by atoms with van der Waals surface area (Å²) in [5.74, 6) is 0.937. The number of aromatic nitrogens is 2. The minimum Gasteiger partial charge on any atom is -0.455 e. The molecule has 0 fully saturated rings. The Morgan fingerprint density at radius 3 is 2.61 bits per heavy atom. The molecule has 1 amide bonds. The van der Waals surface area contributed by atoms with Crippen molar-refractivity contribution < 1.29 is 17.6 Å². The van der Waals surface area contributed by atoms with Gasteiger partial charge in [0, 0.05) is 32.0 Å². The molecule has 0 aliphatic rings. The average molecular weight is 463 g/mol. The number of carbonyl (C=O) groups is 1. The highest BCUT2D eigenvalue weighted by atomic mass is 32.2. The van der Waals surface area contributed by atoms with Crippen molar-refractivity contribution in [2.45, 2.75) is 43.1 Å². The number of benzene rings is 1. The van der Waals surface area contributed by atoms with Crippen molar-refractivity contribution in [2.75, 3.05) is 0 Å². The van der Waals surface area contributed by atoms with Crippen molar-refractivity contribution >= 4 is 27.7 Å². The van der Waals surface area contributed by atoms with Gasteiger partial charge in [0.15, 0.2) is 10.9 Å². The number of carbonyl (C=O) groups excluding carboxylic acids is 1. The summed E-state index contributed by atoms with van der Waals surface area (Å²) in [7, 11) is -1.55. The van der Waals surface area contributed by atoms with Crippen molar-refractivity contribution in [1.82, 2.24) is 19.6 Å². The topological polar surface area (TPSA) is 106 Å². The van der Waals surface area contributed by atoms with Gasteiger partial charge in [0.2, 0.25) is 10.0 Å². The van der Waals surface area contributed by atoms with Crippen LogP contribution in [-0.4, -0.2) is 29.9 Å². The third-order valence-electron chi connectivity index (χ3n) is 4.32. The van der Waals surface area contributed by atoms with Crippen LogP contribution in [0.5, 0.6) is 0 Å². The van der Waals surface area contributed by atoms with Crippen LogP contribution >= 0.6 is 11.8 Å². The quantitative estimate of drug-likeness (QED) is 0.449. The number of nitrogens with zero attached hydrogens (tertiary/aromatic N) is 2. The molecule has 0 spiro atoms. The van der Waals surface area contributed by atoms with E-state index in [2.05, 4.69) is 15.0 Å². The maximum absolute atomic E-state index is 12.5. The highest BCUT2D eigenvalue weighted by molar-refractivity contribution is 7.98. The van der Waals surface area contributed by atoms with E-state index in [-0.39, 0.29) is 30.0 Å². The SMILES string of the molecule is CC(C)NS(=O)(=O)Cc1ccccc1CNC(=O)c1ccc(CSc2nccn2C)o1. The Kier molecular flexibility index (Phi) is 7.58. The van der Waals surface area contributed by atoms with Crippen molar-refractivity contribution in [3.05, 3.63) is 71.4 Å². The molecular formula is C21H26N4O4S2. The first-order chi connectivity index (χ1) is 14.7. The zero-order chi connectivity index (χ0) is 22.4. The van der Waals surface area contributed by atoms with Crippen LogP contribution < -0.4 is 10.0 Å². The molecule has 2 heterocycles. The lowest BCUT2D eigenvalue weighted by atomic mass is 10.1. The molecular weight excluding hydrogens is 436 g/mol. The molecule has 0 radical (unpaired) electrons. The molecule has 31 heavy (non-hydrogen) atoms. The van der Waals surface area contributed by atoms with Crippen LogP contribution in [0.3, 0.4) is 0 Å². The number of rotatable bonds is 10. The fraction of sp³-hybridized carbons (Fsp3) is 0.333. The molecule has 3 aromatic rings. The van der Waals surface area contributed by atoms with Gasteiger partial charge >= 0.3 is 0 Å². The smallest absolute Gasteiger partial charge is 0.287 e. The molecule has 166 valence electrons. The standard InChI is InChI=1S/C21H26N4O4S2/c1-15(2)24-31(27,28)14-17-7-5-4-6-16(17)12-23-20(26)19-9-8-18(29-19)13-30-21-22-10-11-25(21)3/h4-11,15,24H,12-14H2,1-3H3,(H,23,26). The predicted octanol–water partition coefficient (Wildman–Crippen LogP) is 3.06. The first-order valence-electron chi connectivity index (χ1n) is 9.77. The maximum atomic E-state index is 12.5. The Hall–Kier alpha value is -2.56. The van der Waals surface area contributed by atoms with Crippen LogP contribution in [0.2, 0.25) is 0 Å². The number of hydrogen-bond acceptors (Lipinski definition) is 6. The zero-order valence-corrected chi connectivity index (χ0v) is 19.3. The van der Waals surface area contributed by atoms with Gasteiger partial charge in [-0.25, -0.2) is 18.1 Å². The number of imidazole rings is 1. The Morgan fingerprint density at radius 1 is 1.19 bits per heavy atom. The monoisotopic (exact) mass is 462 g/mol. The van der Waals surface area contributed by atoms with Crippen LogP contribution in [-0.2, 0) is 35.1 Å². The third kappa shape index (κ3) is 6.71. The number of amides is 1. The summed E-state index contributed by atoms with van der Waals surface area (Å²) in [5.41, 5.74) is 1.38. The molecule has 0 unspecified atom stereocenters. The van der Waals surface area contributed by atoms with Crippen LogP contribution in [0.15, 0.2) is 58.4 Å². The molecule has 0 saturated carbocycles. The highest BCUT2D eigenvalue weighted by Gasteiger charge is 2.17. The van der Waals surface area contributed by atoms with E-state index in [9.17, 15) is 13.2 Å². The summed E-state index contributed by atoms with van der Waals surface area (Å²) in [6, 6.07) is 10.4. The summed E-state index contributed by atoms with van der Waals surface area (Å²) < 4.78 is 34.7. The van der Waals surface area contributed by atoms with Crippen LogP contribution in [0.1, 0.15) is 41.3 Å². The van der Waals surface area contributed by atoms with Gasteiger partial charge in [-0.1, -0.05) is 36.0 Å². The summed E-state index contributed by atoms with van der Waals surface area (Å²) in [4.78, 5) is 16.7. The fourth-order valence-electron chi connectivity index (χ4n) is 2.94. The second-order valence-corrected chi connectivity index (χ2v) is 10.1. The fourth-order valence-corrected chi connectivity index (χ4v) is 5.26. The normalized spacial score (nSPS) is 11.7. The van der Waals surface area contributed by atoms with Gasteiger partial charge < -0.3 is 14.3 Å². The van der Waals surface area contributed by atoms with E-state index >= 15 is 0 Å². The molecule has 1 aromatic carbocycles. The zero-order valence-electron chi connectivity index (χ0n) is 17.7. The van der Waals surface area contributed by atoms with E-state index in [0.29, 0.717) is 17.1 Å². The summed E-state index contributed by atoms with van der Waals surface area (Å²) in [6.45, 7) is 3.75. The molecule has 0 aliphatic heterocycles. The molecule has 0 aliphatic carbocycles. The lowest BCUT2D eigenvalue weighted by Gasteiger charge is -2.13. The lowest BCUT2D eigenvalue weighted by molar-refractivity contribution is 0.0921. The van der Waals surface area contributed by atoms with E-state index < -0.39 is 10.0 Å². The molecule has 2 aromatic heterocycles. The molecule has 8 nitrogen and oxygen atoms in total. The number of sulfonamides is 1. The van der Waals surface area contributed by atoms with Gasteiger partial charge in [-0.15, -0.1) is 0 Å². The first-order valence-corrected chi connectivity index (χ1v) is 12.4. The second kappa shape index (κ2) is 10.2. The van der Waals surface area contributed by atoms with Crippen LogP contribution in [0.25, 0.3) is 0 Å². The van der Waals surface area contributed by atoms with Crippen LogP contribution in [0, 0.1) is 0 Å². The number of nitrogens with one attached hydrogen (secondary N) is 2. The second-order valence-electron chi connectivity index (χ2n) is 7.36. The van der Waals surface area contributed by atoms with Gasteiger partial charge in [-0.2, -0.15) is 0 Å². The van der Waals surface area contributed by atoms with Crippen molar-refractivity contribution in [2.24, 2.45) is 7.05 Å². The Balaban J connectivity index is 1.59. The van der Waals surface area contributed by atoms with Crippen molar-refractivity contribution in [1.29, 1.82) is 0 Å². The maximum Gasteiger partial charge on any atom is 0.287 e. The molecule has 0 saturated heterocycles. The van der Waals surface area contributed by atoms with E-state index in [1.165, 1.54) is 11.8 Å². The van der Waals surface area contributed by atoms with Gasteiger partial charge in [-0.3, -0.25) is 4.79 Å². The summed E-state index contributed by atoms with van der Waals surface area (Å²) in [5, 5.41) is 3.67. The largest absolute Gasteiger partial charge is 0.455 e. The van der Waals surface area contributed by atoms with Crippen molar-refractivity contribution in [3.8, 4) is 0 Å². The van der Waals surface area contributed by atoms with E-state index in [1.807, 2.05) is 23.9 Å². The number of thioether (sulfide) groups is 1. The molecule has 0 atom stereocenters. The number of hydrogen-bond donors (Lipinski definition) is 2. The highest BCUT2D eigenvalue weighted by Crippen LogP contribution is 2.22. The predicted molar refractivity (Wildman–Crippen MR) is 120 cm³/mol. The Morgan fingerprint density at radius 2 is 1.94 bits per heavy atom. The minimum atomic E-state index is -3.46. The van der Waals surface area contributed by atoms with Crippen LogP contribution in [0.4, 0.5) is 0 Å². The van der Waals surface area contributed by atoms with Gasteiger partial charge in [0.05, 0.1) is 11.5 Å². The van der Waals surface area contributed by atoms with E-state index in [1.54, 1.807) is 50.4 Å². The Labute approximate surface area is 186 Å². The average Bonchev–Trinajstić information content (AvgIpc) is 3.33. The minimum absolute atomic E-state index is 0.146.